The minimum Gasteiger partial charge on any atom is -0.496 e. The van der Waals surface area contributed by atoms with Crippen molar-refractivity contribution in [1.29, 1.82) is 0 Å². The van der Waals surface area contributed by atoms with Crippen LogP contribution >= 0.6 is 0 Å². The number of benzene rings is 2. The molecule has 0 atom stereocenters. The van der Waals surface area contributed by atoms with Gasteiger partial charge in [0.1, 0.15) is 5.75 Å². The standard InChI is InChI=1S/C17H17NO2/c1-20-17-9-5-8-16-15(17)10-14(12-19)18(16)11-13-6-3-2-4-7-13/h2-10,19H,11-12H2,1H3. The lowest BCUT2D eigenvalue weighted by atomic mass is 10.2. The second-order valence-corrected chi connectivity index (χ2v) is 4.76. The number of nitrogens with zero attached hydrogens (tertiary/aromatic N) is 1. The van der Waals surface area contributed by atoms with Crippen LogP contribution in [-0.4, -0.2) is 16.8 Å². The highest BCUT2D eigenvalue weighted by atomic mass is 16.5. The minimum absolute atomic E-state index is 0.0185. The van der Waals surface area contributed by atoms with Gasteiger partial charge in [-0.05, 0) is 23.8 Å². The van der Waals surface area contributed by atoms with Crippen LogP contribution in [-0.2, 0) is 13.2 Å². The average Bonchev–Trinajstić information content (AvgIpc) is 2.86. The molecule has 0 saturated heterocycles. The Kier molecular flexibility index (Phi) is 3.44. The lowest BCUT2D eigenvalue weighted by Crippen LogP contribution is -2.04. The van der Waals surface area contributed by atoms with Gasteiger partial charge in [-0.25, -0.2) is 0 Å². The highest BCUT2D eigenvalue weighted by Gasteiger charge is 2.11. The summed E-state index contributed by atoms with van der Waals surface area (Å²) in [4.78, 5) is 0. The molecule has 102 valence electrons. The van der Waals surface area contributed by atoms with Crippen molar-refractivity contribution in [2.75, 3.05) is 7.11 Å². The van der Waals surface area contributed by atoms with Crippen LogP contribution in [0.5, 0.6) is 5.75 Å². The Bertz CT molecular complexity index is 716. The predicted molar refractivity (Wildman–Crippen MR) is 80.0 cm³/mol. The number of fused-ring (bicyclic) bond motifs is 1. The predicted octanol–water partition coefficient (Wildman–Crippen LogP) is 3.19. The summed E-state index contributed by atoms with van der Waals surface area (Å²) >= 11 is 0. The van der Waals surface area contributed by atoms with E-state index in [1.165, 1.54) is 5.56 Å². The number of aliphatic hydroxyl groups excluding tert-OH is 1. The maximum Gasteiger partial charge on any atom is 0.128 e. The SMILES string of the molecule is COc1cccc2c1cc(CO)n2Cc1ccccc1. The lowest BCUT2D eigenvalue weighted by Gasteiger charge is -2.10. The van der Waals surface area contributed by atoms with E-state index in [0.29, 0.717) is 0 Å². The molecule has 0 unspecified atom stereocenters. The second kappa shape index (κ2) is 5.39. The van der Waals surface area contributed by atoms with Gasteiger partial charge in [-0.1, -0.05) is 36.4 Å². The summed E-state index contributed by atoms with van der Waals surface area (Å²) < 4.78 is 7.53. The first kappa shape index (κ1) is 12.8. The van der Waals surface area contributed by atoms with Crippen molar-refractivity contribution in [3.63, 3.8) is 0 Å². The zero-order valence-corrected chi connectivity index (χ0v) is 11.4. The molecule has 0 radical (unpaired) electrons. The number of rotatable bonds is 4. The van der Waals surface area contributed by atoms with Crippen LogP contribution < -0.4 is 4.74 Å². The molecule has 1 aromatic heterocycles. The third kappa shape index (κ3) is 2.17. The van der Waals surface area contributed by atoms with Gasteiger partial charge in [-0.15, -0.1) is 0 Å². The van der Waals surface area contributed by atoms with Gasteiger partial charge in [0.25, 0.3) is 0 Å². The summed E-state index contributed by atoms with van der Waals surface area (Å²) in [6.07, 6.45) is 0. The molecule has 0 aliphatic rings. The molecule has 2 aromatic carbocycles. The molecular weight excluding hydrogens is 250 g/mol. The number of ether oxygens (including phenoxy) is 1. The maximum absolute atomic E-state index is 9.60. The number of aromatic nitrogens is 1. The summed E-state index contributed by atoms with van der Waals surface area (Å²) in [5, 5.41) is 10.6. The zero-order chi connectivity index (χ0) is 13.9. The van der Waals surface area contributed by atoms with E-state index < -0.39 is 0 Å². The van der Waals surface area contributed by atoms with Gasteiger partial charge in [0, 0.05) is 17.6 Å². The van der Waals surface area contributed by atoms with Crippen molar-refractivity contribution >= 4 is 10.9 Å². The van der Waals surface area contributed by atoms with Gasteiger partial charge in [0.15, 0.2) is 0 Å². The van der Waals surface area contributed by atoms with Crippen LogP contribution in [0.25, 0.3) is 10.9 Å². The topological polar surface area (TPSA) is 34.4 Å². The van der Waals surface area contributed by atoms with E-state index in [1.54, 1.807) is 7.11 Å². The average molecular weight is 267 g/mol. The molecular formula is C17H17NO2. The monoisotopic (exact) mass is 267 g/mol. The van der Waals surface area contributed by atoms with Gasteiger partial charge in [0.05, 0.1) is 19.2 Å². The first-order valence-corrected chi connectivity index (χ1v) is 6.63. The molecule has 0 aliphatic carbocycles. The van der Waals surface area contributed by atoms with Gasteiger partial charge in [-0.2, -0.15) is 0 Å². The van der Waals surface area contributed by atoms with Crippen LogP contribution in [0.4, 0.5) is 0 Å². The van der Waals surface area contributed by atoms with Crippen LogP contribution in [0.3, 0.4) is 0 Å². The highest BCUT2D eigenvalue weighted by Crippen LogP contribution is 2.29. The van der Waals surface area contributed by atoms with E-state index in [-0.39, 0.29) is 6.61 Å². The quantitative estimate of drug-likeness (QED) is 0.787. The third-order valence-electron chi connectivity index (χ3n) is 3.56. The third-order valence-corrected chi connectivity index (χ3v) is 3.56. The fraction of sp³-hybridized carbons (Fsp3) is 0.176. The molecule has 0 spiro atoms. The maximum atomic E-state index is 9.60. The summed E-state index contributed by atoms with van der Waals surface area (Å²) in [5.74, 6) is 0.837. The highest BCUT2D eigenvalue weighted by molar-refractivity contribution is 5.87. The Balaban J connectivity index is 2.13. The molecule has 0 bridgehead atoms. The molecule has 3 heteroatoms. The fourth-order valence-electron chi connectivity index (χ4n) is 2.57. The molecule has 0 aliphatic heterocycles. The summed E-state index contributed by atoms with van der Waals surface area (Å²) in [7, 11) is 1.67. The Morgan fingerprint density at radius 1 is 1.05 bits per heavy atom. The Hall–Kier alpha value is -2.26. The molecule has 0 saturated carbocycles. The number of hydrogen-bond acceptors (Lipinski definition) is 2. The summed E-state index contributed by atoms with van der Waals surface area (Å²) in [6.45, 7) is 0.762. The van der Waals surface area contributed by atoms with Crippen molar-refractivity contribution in [2.24, 2.45) is 0 Å². The number of methoxy groups -OCH3 is 1. The number of hydrogen-bond donors (Lipinski definition) is 1. The molecule has 0 fully saturated rings. The van der Waals surface area contributed by atoms with Gasteiger partial charge >= 0.3 is 0 Å². The van der Waals surface area contributed by atoms with E-state index in [2.05, 4.69) is 22.8 Å². The molecule has 20 heavy (non-hydrogen) atoms. The van der Waals surface area contributed by atoms with E-state index in [0.717, 1.165) is 28.9 Å². The van der Waals surface area contributed by atoms with E-state index in [4.69, 9.17) is 4.74 Å². The largest absolute Gasteiger partial charge is 0.496 e. The summed E-state index contributed by atoms with van der Waals surface area (Å²) in [5.41, 5.74) is 3.19. The van der Waals surface area contributed by atoms with Crippen molar-refractivity contribution in [1.82, 2.24) is 4.57 Å². The van der Waals surface area contributed by atoms with E-state index >= 15 is 0 Å². The van der Waals surface area contributed by atoms with Gasteiger partial charge in [-0.3, -0.25) is 0 Å². The Morgan fingerprint density at radius 2 is 1.85 bits per heavy atom. The van der Waals surface area contributed by atoms with E-state index in [1.807, 2.05) is 36.4 Å². The normalized spacial score (nSPS) is 10.9. The first-order chi connectivity index (χ1) is 9.83. The molecule has 1 N–H and O–H groups in total. The van der Waals surface area contributed by atoms with Gasteiger partial charge < -0.3 is 14.4 Å². The second-order valence-electron chi connectivity index (χ2n) is 4.76. The van der Waals surface area contributed by atoms with Crippen molar-refractivity contribution in [2.45, 2.75) is 13.2 Å². The summed E-state index contributed by atoms with van der Waals surface area (Å²) in [6, 6.07) is 18.2. The van der Waals surface area contributed by atoms with Crippen LogP contribution in [0.15, 0.2) is 54.6 Å². The lowest BCUT2D eigenvalue weighted by molar-refractivity contribution is 0.272. The Labute approximate surface area is 118 Å². The van der Waals surface area contributed by atoms with Crippen molar-refractivity contribution < 1.29 is 9.84 Å². The molecule has 1 heterocycles. The fourth-order valence-corrected chi connectivity index (χ4v) is 2.57. The van der Waals surface area contributed by atoms with Crippen LogP contribution in [0, 0.1) is 0 Å². The Morgan fingerprint density at radius 3 is 2.55 bits per heavy atom. The van der Waals surface area contributed by atoms with Crippen LogP contribution in [0.2, 0.25) is 0 Å². The smallest absolute Gasteiger partial charge is 0.128 e. The van der Waals surface area contributed by atoms with Crippen LogP contribution in [0.1, 0.15) is 11.3 Å². The minimum atomic E-state index is 0.0185. The molecule has 3 rings (SSSR count). The first-order valence-electron chi connectivity index (χ1n) is 6.63. The molecule has 0 amide bonds. The van der Waals surface area contributed by atoms with E-state index in [9.17, 15) is 5.11 Å². The van der Waals surface area contributed by atoms with Crippen molar-refractivity contribution in [3.8, 4) is 5.75 Å². The van der Waals surface area contributed by atoms with Crippen molar-refractivity contribution in [3.05, 3.63) is 65.9 Å². The van der Waals surface area contributed by atoms with Gasteiger partial charge in [0.2, 0.25) is 0 Å². The molecule has 3 aromatic rings. The molecule has 3 nitrogen and oxygen atoms in total. The number of aliphatic hydroxyl groups is 1. The zero-order valence-electron chi connectivity index (χ0n) is 11.4.